The van der Waals surface area contributed by atoms with Gasteiger partial charge in [0.25, 0.3) is 0 Å². The molecule has 0 spiro atoms. The molecule has 208 valence electrons. The molecule has 5 aromatic carbocycles. The quantitative estimate of drug-likeness (QED) is 0.129. The van der Waals surface area contributed by atoms with E-state index in [1.54, 1.807) is 18.2 Å². The molecular weight excluding hydrogens is 581 g/mol. The molecule has 42 heavy (non-hydrogen) atoms. The van der Waals surface area contributed by atoms with Crippen LogP contribution in [-0.2, 0) is 19.8 Å². The molecule has 0 aromatic heterocycles. The summed E-state index contributed by atoms with van der Waals surface area (Å²) in [4.78, 5) is 13.6. The topological polar surface area (TPSA) is 44.8 Å². The summed E-state index contributed by atoms with van der Waals surface area (Å²) in [5.41, 5.74) is 3.07. The van der Waals surface area contributed by atoms with E-state index in [0.29, 0.717) is 52.4 Å². The van der Waals surface area contributed by atoms with Crippen molar-refractivity contribution in [2.45, 2.75) is 19.8 Å². The van der Waals surface area contributed by atoms with Crippen LogP contribution in [0.4, 0.5) is 0 Å². The molecular formula is C34H28Cl2LiO4P. The zero-order chi connectivity index (χ0) is 28.4. The molecule has 0 radical (unpaired) electrons. The summed E-state index contributed by atoms with van der Waals surface area (Å²) < 4.78 is 18.8. The summed E-state index contributed by atoms with van der Waals surface area (Å²) in [7, 11) is -0.361. The Kier molecular flexibility index (Phi) is 12.0. The molecule has 4 nitrogen and oxygen atoms in total. The number of rotatable bonds is 12. The summed E-state index contributed by atoms with van der Waals surface area (Å²) >= 11 is 12.8. The molecule has 1 unspecified atom stereocenters. The maximum Gasteiger partial charge on any atom is 1.00 e. The van der Waals surface area contributed by atoms with E-state index in [0.717, 1.165) is 16.7 Å². The van der Waals surface area contributed by atoms with E-state index in [2.05, 4.69) is 0 Å². The van der Waals surface area contributed by atoms with Gasteiger partial charge in [-0.2, -0.15) is 0 Å². The fraction of sp³-hybridized carbons (Fsp3) is 0.0882. The number of ether oxygens (including phenoxy) is 3. The van der Waals surface area contributed by atoms with Crippen LogP contribution < -0.4 is 38.4 Å². The fourth-order valence-electron chi connectivity index (χ4n) is 4.10. The third-order valence-corrected chi connectivity index (χ3v) is 8.04. The van der Waals surface area contributed by atoms with Crippen LogP contribution >= 0.6 is 31.8 Å². The summed E-state index contributed by atoms with van der Waals surface area (Å²) in [6, 6.07) is 38.2. The number of hydrogen-bond acceptors (Lipinski definition) is 4. The zero-order valence-electron chi connectivity index (χ0n) is 24.1. The van der Waals surface area contributed by atoms with E-state index in [9.17, 15) is 4.79 Å². The number of benzene rings is 5. The Balaban J connectivity index is 0.00000253. The smallest absolute Gasteiger partial charge is 1.00 e. The Morgan fingerprint density at radius 1 is 0.595 bits per heavy atom. The van der Waals surface area contributed by atoms with Gasteiger partial charge in [-0.25, -0.2) is 0 Å². The molecule has 8 heteroatoms. The van der Waals surface area contributed by atoms with Crippen molar-refractivity contribution >= 4 is 42.6 Å². The maximum absolute atomic E-state index is 13.6. The van der Waals surface area contributed by atoms with Gasteiger partial charge in [-0.05, 0) is 37.4 Å². The molecule has 0 bridgehead atoms. The molecule has 0 heterocycles. The van der Waals surface area contributed by atoms with Crippen LogP contribution in [0.3, 0.4) is 0 Å². The van der Waals surface area contributed by atoms with Crippen molar-refractivity contribution in [2.75, 3.05) is 0 Å². The molecule has 5 aromatic rings. The minimum absolute atomic E-state index is 0. The second-order valence-corrected chi connectivity index (χ2v) is 11.2. The Bertz CT molecular complexity index is 1520. The molecule has 0 N–H and O–H groups in total. The van der Waals surface area contributed by atoms with E-state index >= 15 is 0 Å². The third-order valence-electron chi connectivity index (χ3n) is 6.19. The van der Waals surface area contributed by atoms with Gasteiger partial charge >= 0.3 is 18.9 Å². The van der Waals surface area contributed by atoms with Gasteiger partial charge in [0.15, 0.2) is 5.52 Å². The molecule has 1 atom stereocenters. The van der Waals surface area contributed by atoms with E-state index in [1.165, 1.54) is 0 Å². The molecule has 0 saturated heterocycles. The van der Waals surface area contributed by atoms with E-state index < -0.39 is 0 Å². The van der Waals surface area contributed by atoms with Gasteiger partial charge in [-0.15, -0.1) is 0 Å². The first-order valence-corrected chi connectivity index (χ1v) is 14.8. The molecule has 5 rings (SSSR count). The monoisotopic (exact) mass is 608 g/mol. The van der Waals surface area contributed by atoms with Crippen LogP contribution in [0.1, 0.15) is 28.5 Å². The van der Waals surface area contributed by atoms with Gasteiger partial charge in [0, 0.05) is 12.1 Å². The van der Waals surface area contributed by atoms with Crippen LogP contribution in [0.2, 0.25) is 10.0 Å². The number of carbonyl (C=O) groups excluding carboxylic acids is 1. The first-order valence-electron chi connectivity index (χ1n) is 13.0. The first-order chi connectivity index (χ1) is 20.1. The molecule has 0 saturated carbocycles. The average molecular weight is 609 g/mol. The Morgan fingerprint density at radius 2 is 1.00 bits per heavy atom. The number of carbonyl (C=O) groups is 1. The van der Waals surface area contributed by atoms with E-state index in [-0.39, 0.29) is 40.0 Å². The van der Waals surface area contributed by atoms with Crippen molar-refractivity contribution in [1.82, 2.24) is 0 Å². The second kappa shape index (κ2) is 15.9. The van der Waals surface area contributed by atoms with Crippen molar-refractivity contribution in [3.8, 4) is 17.2 Å². The minimum atomic E-state index is -0.361. The molecule has 0 aliphatic heterocycles. The van der Waals surface area contributed by atoms with Gasteiger partial charge in [-0.3, -0.25) is 4.79 Å². The zero-order valence-corrected chi connectivity index (χ0v) is 25.6. The largest absolute Gasteiger partial charge is 1.00 e. The van der Waals surface area contributed by atoms with E-state index in [1.807, 2.05) is 103 Å². The number of halogens is 2. The summed E-state index contributed by atoms with van der Waals surface area (Å²) in [5, 5.41) is 1.22. The van der Waals surface area contributed by atoms with Gasteiger partial charge in [0.1, 0.15) is 37.1 Å². The van der Waals surface area contributed by atoms with Crippen LogP contribution in [0.25, 0.3) is 0 Å². The van der Waals surface area contributed by atoms with Gasteiger partial charge < -0.3 is 15.6 Å². The van der Waals surface area contributed by atoms with Crippen molar-refractivity contribution < 1.29 is 39.3 Å². The average Bonchev–Trinajstić information content (AvgIpc) is 3.00. The fourth-order valence-corrected chi connectivity index (χ4v) is 5.99. The summed E-state index contributed by atoms with van der Waals surface area (Å²) in [6.45, 7) is 0.978. The van der Waals surface area contributed by atoms with Crippen LogP contribution in [0.5, 0.6) is 17.2 Å². The van der Waals surface area contributed by atoms with Crippen molar-refractivity contribution in [3.63, 3.8) is 0 Å². The van der Waals surface area contributed by atoms with Gasteiger partial charge in [0.05, 0.1) is 20.9 Å². The molecule has 0 fully saturated rings. The summed E-state index contributed by atoms with van der Waals surface area (Å²) in [5.74, 6) is 1.56. The van der Waals surface area contributed by atoms with Crippen molar-refractivity contribution in [1.29, 1.82) is 0 Å². The van der Waals surface area contributed by atoms with Crippen molar-refractivity contribution in [3.05, 3.63) is 154 Å². The normalized spacial score (nSPS) is 10.7. The molecule has 0 aliphatic carbocycles. The van der Waals surface area contributed by atoms with E-state index in [4.69, 9.17) is 37.4 Å². The van der Waals surface area contributed by atoms with Crippen LogP contribution in [0, 0.1) is 0 Å². The second-order valence-electron chi connectivity index (χ2n) is 9.17. The Hall–Kier alpha value is -3.22. The van der Waals surface area contributed by atoms with Gasteiger partial charge in [-0.1, -0.05) is 120 Å². The summed E-state index contributed by atoms with van der Waals surface area (Å²) in [6.07, 6.45) is 0. The van der Waals surface area contributed by atoms with Crippen LogP contribution in [0.15, 0.2) is 121 Å². The molecule has 0 amide bonds. The predicted molar refractivity (Wildman–Crippen MR) is 169 cm³/mol. The Labute approximate surface area is 271 Å². The first kappa shape index (κ1) is 31.7. The predicted octanol–water partition coefficient (Wildman–Crippen LogP) is 5.99. The minimum Gasteiger partial charge on any atom is -1.00 e. The SMILES string of the molecule is O=C(Pc1c(OCc2ccccc2)cc(OCc2ccccc2)cc1OCc1ccccc1)c1c(Cl)cccc1Cl.[H-].[Li+]. The maximum atomic E-state index is 13.6. The Morgan fingerprint density at radius 3 is 1.43 bits per heavy atom. The number of hydrogen-bond donors (Lipinski definition) is 0. The van der Waals surface area contributed by atoms with Gasteiger partial charge in [0.2, 0.25) is 0 Å². The molecule has 0 aliphatic rings. The third kappa shape index (κ3) is 8.65. The van der Waals surface area contributed by atoms with Crippen molar-refractivity contribution in [2.24, 2.45) is 0 Å². The standard InChI is InChI=1S/C34H27Cl2O4P.Li.H/c35-28-17-10-18-29(36)32(28)34(37)41-33-30(39-22-25-13-6-2-7-14-25)19-27(38-21-24-11-4-1-5-12-24)20-31(33)40-23-26-15-8-3-9-16-26;;/h1-20,41H,21-23H2;;/q;+1;-1. The van der Waals surface area contributed by atoms with Crippen LogP contribution in [-0.4, -0.2) is 5.52 Å².